The van der Waals surface area contributed by atoms with E-state index in [1.54, 1.807) is 24.3 Å². The van der Waals surface area contributed by atoms with Gasteiger partial charge < -0.3 is 34.6 Å². The van der Waals surface area contributed by atoms with Crippen LogP contribution in [0.5, 0.6) is 11.5 Å². The molecule has 1 aliphatic heterocycles. The summed E-state index contributed by atoms with van der Waals surface area (Å²) in [5.41, 5.74) is 1.20. The predicted molar refractivity (Wildman–Crippen MR) is 133 cm³/mol. The number of hydrogen-bond acceptors (Lipinski definition) is 12. The molecule has 2 heterocycles. The molecule has 0 radical (unpaired) electrons. The molecule has 0 bridgehead atoms. The lowest BCUT2D eigenvalue weighted by Crippen LogP contribution is -2.56. The Bertz CT molecular complexity index is 1340. The van der Waals surface area contributed by atoms with Gasteiger partial charge in [-0.15, -0.1) is 5.10 Å². The molecule has 0 aliphatic carbocycles. The molecule has 14 heteroatoms. The van der Waals surface area contributed by atoms with Crippen LogP contribution >= 0.6 is 0 Å². The molecule has 3 aromatic rings. The third-order valence-corrected chi connectivity index (χ3v) is 6.04. The van der Waals surface area contributed by atoms with Crippen molar-refractivity contribution < 1.29 is 44.4 Å². The average Bonchev–Trinajstić information content (AvgIpc) is 3.42. The van der Waals surface area contributed by atoms with E-state index >= 15 is 0 Å². The van der Waals surface area contributed by atoms with Crippen LogP contribution in [0, 0.1) is 10.1 Å². The molecule has 1 aromatic heterocycles. The van der Waals surface area contributed by atoms with Gasteiger partial charge in [-0.25, -0.2) is 4.68 Å². The second-order valence-electron chi connectivity index (χ2n) is 8.61. The van der Waals surface area contributed by atoms with E-state index in [0.29, 0.717) is 28.3 Å². The zero-order chi connectivity index (χ0) is 28.1. The Hall–Kier alpha value is -4.21. The molecule has 0 saturated carbocycles. The number of aliphatic hydroxyl groups excluding tert-OH is 4. The van der Waals surface area contributed by atoms with Gasteiger partial charge in [-0.05, 0) is 35.9 Å². The number of benzene rings is 2. The van der Waals surface area contributed by atoms with Crippen LogP contribution in [-0.4, -0.2) is 84.3 Å². The second kappa shape index (κ2) is 12.1. The minimum atomic E-state index is -1.55. The smallest absolute Gasteiger partial charge is 0.269 e. The van der Waals surface area contributed by atoms with Crippen molar-refractivity contribution in [3.05, 3.63) is 81.7 Å². The van der Waals surface area contributed by atoms with Crippen molar-refractivity contribution in [2.45, 2.75) is 37.3 Å². The quantitative estimate of drug-likeness (QED) is 0.121. The number of aliphatic hydroxyl groups is 4. The van der Waals surface area contributed by atoms with Crippen LogP contribution in [0.25, 0.3) is 6.08 Å². The lowest BCUT2D eigenvalue weighted by molar-refractivity contribution is -0.384. The number of nitro benzene ring substituents is 1. The van der Waals surface area contributed by atoms with Gasteiger partial charge in [0.15, 0.2) is 23.5 Å². The molecular formula is C25H26N4O10. The van der Waals surface area contributed by atoms with Crippen molar-refractivity contribution in [1.82, 2.24) is 15.0 Å². The standard InChI is InChI=1S/C25H26N4O10/c1-37-20-10-14(2-8-18(31)15-4-6-17(7-5-15)29(35)36)3-9-19(20)38-13-16-11-28(27-26-16)25-24(34)23(33)22(32)21(12-30)39-25/h2-11,21-25,30,32-34H,12-13H2,1H3/b8-2+/t21-,22-,23+,24-,25-/m1/s1. The number of carbonyl (C=O) groups is 1. The number of ether oxygens (including phenoxy) is 3. The van der Waals surface area contributed by atoms with Crippen LogP contribution in [0.15, 0.2) is 54.7 Å². The number of ketones is 1. The van der Waals surface area contributed by atoms with Crippen LogP contribution in [0.4, 0.5) is 5.69 Å². The molecule has 39 heavy (non-hydrogen) atoms. The van der Waals surface area contributed by atoms with Crippen molar-refractivity contribution in [1.29, 1.82) is 0 Å². The van der Waals surface area contributed by atoms with Crippen molar-refractivity contribution in [3.8, 4) is 11.5 Å². The summed E-state index contributed by atoms with van der Waals surface area (Å²) in [6.45, 7) is -0.607. The van der Waals surface area contributed by atoms with E-state index < -0.39 is 42.2 Å². The summed E-state index contributed by atoms with van der Waals surface area (Å²) in [4.78, 5) is 22.6. The maximum atomic E-state index is 12.4. The fourth-order valence-corrected chi connectivity index (χ4v) is 3.88. The van der Waals surface area contributed by atoms with E-state index in [4.69, 9.17) is 14.2 Å². The number of allylic oxidation sites excluding steroid dienone is 1. The number of nitro groups is 1. The van der Waals surface area contributed by atoms with Gasteiger partial charge in [-0.3, -0.25) is 14.9 Å². The Morgan fingerprint density at radius 1 is 1.13 bits per heavy atom. The molecule has 0 amide bonds. The first-order valence-corrected chi connectivity index (χ1v) is 11.7. The SMILES string of the molecule is COc1cc(/C=C/C(=O)c2ccc([N+](=O)[O-])cc2)ccc1OCc1cn([C@@H]2O[C@H](CO)[C@@H](O)[C@H](O)[C@H]2O)nn1. The normalized spacial score (nSPS) is 23.1. The summed E-state index contributed by atoms with van der Waals surface area (Å²) < 4.78 is 17.8. The number of methoxy groups -OCH3 is 1. The fourth-order valence-electron chi connectivity index (χ4n) is 3.88. The van der Waals surface area contributed by atoms with Crippen molar-refractivity contribution in [2.75, 3.05) is 13.7 Å². The summed E-state index contributed by atoms with van der Waals surface area (Å²) in [6, 6.07) is 10.3. The van der Waals surface area contributed by atoms with Crippen LogP contribution in [-0.2, 0) is 11.3 Å². The maximum Gasteiger partial charge on any atom is 0.269 e. The van der Waals surface area contributed by atoms with Crippen LogP contribution in [0.3, 0.4) is 0 Å². The Balaban J connectivity index is 1.39. The van der Waals surface area contributed by atoms with Crippen molar-refractivity contribution >= 4 is 17.5 Å². The molecule has 14 nitrogen and oxygen atoms in total. The van der Waals surface area contributed by atoms with Gasteiger partial charge in [0.25, 0.3) is 5.69 Å². The van der Waals surface area contributed by atoms with Gasteiger partial charge in [0, 0.05) is 17.7 Å². The van der Waals surface area contributed by atoms with Crippen molar-refractivity contribution in [2.24, 2.45) is 0 Å². The highest BCUT2D eigenvalue weighted by Gasteiger charge is 2.44. The zero-order valence-corrected chi connectivity index (χ0v) is 20.6. The Kier molecular flexibility index (Phi) is 8.63. The van der Waals surface area contributed by atoms with Gasteiger partial charge in [-0.2, -0.15) is 0 Å². The van der Waals surface area contributed by atoms with E-state index in [2.05, 4.69) is 10.3 Å². The highest BCUT2D eigenvalue weighted by molar-refractivity contribution is 6.06. The summed E-state index contributed by atoms with van der Waals surface area (Å²) in [6.07, 6.45) is -2.47. The van der Waals surface area contributed by atoms with Gasteiger partial charge in [-0.1, -0.05) is 17.4 Å². The number of non-ortho nitro benzene ring substituents is 1. The Morgan fingerprint density at radius 3 is 2.54 bits per heavy atom. The summed E-state index contributed by atoms with van der Waals surface area (Å²) in [7, 11) is 1.45. The first kappa shape index (κ1) is 27.8. The highest BCUT2D eigenvalue weighted by Crippen LogP contribution is 2.30. The molecule has 1 saturated heterocycles. The lowest BCUT2D eigenvalue weighted by Gasteiger charge is -2.39. The summed E-state index contributed by atoms with van der Waals surface area (Å²) >= 11 is 0. The number of aromatic nitrogens is 3. The number of rotatable bonds is 10. The van der Waals surface area contributed by atoms with Crippen LogP contribution in [0.2, 0.25) is 0 Å². The molecule has 206 valence electrons. The van der Waals surface area contributed by atoms with E-state index in [-0.39, 0.29) is 18.1 Å². The minimum absolute atomic E-state index is 0.0401. The van der Waals surface area contributed by atoms with E-state index in [9.17, 15) is 35.3 Å². The van der Waals surface area contributed by atoms with E-state index in [1.165, 1.54) is 43.6 Å². The number of nitrogens with zero attached hydrogens (tertiary/aromatic N) is 4. The van der Waals surface area contributed by atoms with E-state index in [1.807, 2.05) is 0 Å². The molecule has 0 unspecified atom stereocenters. The van der Waals surface area contributed by atoms with Gasteiger partial charge in [0.2, 0.25) is 0 Å². The third-order valence-electron chi connectivity index (χ3n) is 6.04. The molecule has 2 aromatic carbocycles. The predicted octanol–water partition coefficient (Wildman–Crippen LogP) is 0.642. The number of carbonyl (C=O) groups excluding carboxylic acids is 1. The number of hydrogen-bond donors (Lipinski definition) is 4. The topological polar surface area (TPSA) is 200 Å². The minimum Gasteiger partial charge on any atom is -0.493 e. The third kappa shape index (κ3) is 6.27. The Morgan fingerprint density at radius 2 is 1.87 bits per heavy atom. The molecule has 4 N–H and O–H groups in total. The van der Waals surface area contributed by atoms with Gasteiger partial charge in [0.1, 0.15) is 36.7 Å². The van der Waals surface area contributed by atoms with Gasteiger partial charge in [0.05, 0.1) is 24.8 Å². The molecule has 4 rings (SSSR count). The fraction of sp³-hybridized carbons (Fsp3) is 0.320. The molecule has 5 atom stereocenters. The maximum absolute atomic E-state index is 12.4. The zero-order valence-electron chi connectivity index (χ0n) is 20.6. The highest BCUT2D eigenvalue weighted by atomic mass is 16.6. The molecule has 1 aliphatic rings. The first-order valence-electron chi connectivity index (χ1n) is 11.7. The molecular weight excluding hydrogens is 516 g/mol. The largest absolute Gasteiger partial charge is 0.493 e. The molecule has 0 spiro atoms. The monoisotopic (exact) mass is 542 g/mol. The Labute approximate surface area is 221 Å². The lowest BCUT2D eigenvalue weighted by atomic mass is 9.98. The van der Waals surface area contributed by atoms with Crippen LogP contribution in [0.1, 0.15) is 27.8 Å². The summed E-state index contributed by atoms with van der Waals surface area (Å²) in [5, 5.41) is 58.2. The van der Waals surface area contributed by atoms with Crippen molar-refractivity contribution in [3.63, 3.8) is 0 Å². The molecule has 1 fully saturated rings. The van der Waals surface area contributed by atoms with Crippen LogP contribution < -0.4 is 9.47 Å². The van der Waals surface area contributed by atoms with E-state index in [0.717, 1.165) is 4.68 Å². The second-order valence-corrected chi connectivity index (χ2v) is 8.61. The first-order chi connectivity index (χ1) is 18.7. The average molecular weight is 543 g/mol. The summed E-state index contributed by atoms with van der Waals surface area (Å²) in [5.74, 6) is 0.423. The van der Waals surface area contributed by atoms with Gasteiger partial charge >= 0.3 is 0 Å².